The van der Waals surface area contributed by atoms with E-state index in [1.54, 1.807) is 0 Å². The average Bonchev–Trinajstić information content (AvgIpc) is 2.62. The lowest BCUT2D eigenvalue weighted by Crippen LogP contribution is -2.41. The van der Waals surface area contributed by atoms with Gasteiger partial charge in [-0.25, -0.2) is 0 Å². The van der Waals surface area contributed by atoms with Crippen molar-refractivity contribution in [2.75, 3.05) is 12.3 Å². The first-order chi connectivity index (χ1) is 5.79. The van der Waals surface area contributed by atoms with Crippen molar-refractivity contribution in [2.24, 2.45) is 4.99 Å². The minimum atomic E-state index is 0.357. The number of thioether (sulfide) groups is 1. The molecule has 0 bridgehead atoms. The largest absolute Gasteiger partial charge is 0.360 e. The van der Waals surface area contributed by atoms with Gasteiger partial charge in [0.1, 0.15) is 0 Å². The molecular weight excluding hydrogens is 168 g/mol. The summed E-state index contributed by atoms with van der Waals surface area (Å²) in [6.45, 7) is 3.32. The standard InChI is InChI=1S/C9H16N2S/c1-9(4-2-3-5-9)11-8-10-6-7-12-8/h2-7H2,1H3,(H,10,11). The van der Waals surface area contributed by atoms with Crippen molar-refractivity contribution in [2.45, 2.75) is 38.1 Å². The molecule has 0 radical (unpaired) electrons. The zero-order valence-corrected chi connectivity index (χ0v) is 8.41. The van der Waals surface area contributed by atoms with Gasteiger partial charge in [-0.3, -0.25) is 4.99 Å². The van der Waals surface area contributed by atoms with Crippen molar-refractivity contribution in [3.05, 3.63) is 0 Å². The van der Waals surface area contributed by atoms with Gasteiger partial charge in [-0.1, -0.05) is 24.6 Å². The summed E-state index contributed by atoms with van der Waals surface area (Å²) < 4.78 is 0. The van der Waals surface area contributed by atoms with Gasteiger partial charge in [0.2, 0.25) is 0 Å². The summed E-state index contributed by atoms with van der Waals surface area (Å²) in [5.74, 6) is 1.17. The molecule has 0 aromatic rings. The van der Waals surface area contributed by atoms with Crippen molar-refractivity contribution < 1.29 is 0 Å². The second-order valence-electron chi connectivity index (χ2n) is 3.93. The van der Waals surface area contributed by atoms with Crippen LogP contribution in [0.2, 0.25) is 0 Å². The Morgan fingerprint density at radius 2 is 2.17 bits per heavy atom. The summed E-state index contributed by atoms with van der Waals surface area (Å²) in [7, 11) is 0. The Labute approximate surface area is 78.2 Å². The minimum Gasteiger partial charge on any atom is -0.360 e. The Morgan fingerprint density at radius 1 is 1.42 bits per heavy atom. The smallest absolute Gasteiger partial charge is 0.157 e. The van der Waals surface area contributed by atoms with Crippen molar-refractivity contribution >= 4 is 16.9 Å². The third-order valence-electron chi connectivity index (χ3n) is 2.70. The zero-order chi connectivity index (χ0) is 8.44. The number of aliphatic imine (C=N–C) groups is 1. The van der Waals surface area contributed by atoms with Crippen molar-refractivity contribution in [3.8, 4) is 0 Å². The number of nitrogens with zero attached hydrogens (tertiary/aromatic N) is 1. The number of hydrogen-bond acceptors (Lipinski definition) is 3. The second kappa shape index (κ2) is 3.29. The molecule has 1 heterocycles. The number of amidine groups is 1. The Bertz CT molecular complexity index is 195. The van der Waals surface area contributed by atoms with Crippen LogP contribution in [-0.4, -0.2) is 23.0 Å². The fourth-order valence-electron chi connectivity index (χ4n) is 1.95. The number of nitrogens with one attached hydrogen (secondary N) is 1. The Balaban J connectivity index is 1.92. The second-order valence-corrected chi connectivity index (χ2v) is 5.01. The third-order valence-corrected chi connectivity index (χ3v) is 3.59. The lowest BCUT2D eigenvalue weighted by Gasteiger charge is -2.25. The van der Waals surface area contributed by atoms with E-state index in [9.17, 15) is 0 Å². The van der Waals surface area contributed by atoms with E-state index in [1.165, 1.54) is 36.6 Å². The number of hydrogen-bond donors (Lipinski definition) is 1. The van der Waals surface area contributed by atoms with E-state index in [4.69, 9.17) is 0 Å². The van der Waals surface area contributed by atoms with Gasteiger partial charge in [-0.05, 0) is 19.8 Å². The molecule has 2 nitrogen and oxygen atoms in total. The van der Waals surface area contributed by atoms with Crippen molar-refractivity contribution in [1.82, 2.24) is 5.32 Å². The van der Waals surface area contributed by atoms with E-state index >= 15 is 0 Å². The first-order valence-electron chi connectivity index (χ1n) is 4.74. The summed E-state index contributed by atoms with van der Waals surface area (Å²) in [5.41, 5.74) is 0.357. The molecule has 0 amide bonds. The fourth-order valence-corrected chi connectivity index (χ4v) is 2.83. The lowest BCUT2D eigenvalue weighted by atomic mass is 10.0. The molecule has 0 aromatic heterocycles. The van der Waals surface area contributed by atoms with E-state index < -0.39 is 0 Å². The number of rotatable bonds is 1. The molecule has 1 aliphatic heterocycles. The van der Waals surface area contributed by atoms with Gasteiger partial charge in [0.15, 0.2) is 5.17 Å². The molecule has 1 aliphatic carbocycles. The molecule has 12 heavy (non-hydrogen) atoms. The van der Waals surface area contributed by atoms with Gasteiger partial charge in [-0.15, -0.1) is 0 Å². The SMILES string of the molecule is CC1(NC2=NCCS2)CCCC1. The molecule has 0 unspecified atom stereocenters. The summed E-state index contributed by atoms with van der Waals surface area (Å²) in [4.78, 5) is 4.41. The maximum absolute atomic E-state index is 4.41. The molecule has 1 N–H and O–H groups in total. The van der Waals surface area contributed by atoms with Gasteiger partial charge >= 0.3 is 0 Å². The summed E-state index contributed by atoms with van der Waals surface area (Å²) >= 11 is 1.87. The molecule has 1 saturated carbocycles. The summed E-state index contributed by atoms with van der Waals surface area (Å²) in [5, 5.41) is 4.75. The van der Waals surface area contributed by atoms with E-state index in [-0.39, 0.29) is 0 Å². The van der Waals surface area contributed by atoms with Crippen LogP contribution in [0.5, 0.6) is 0 Å². The molecule has 0 aromatic carbocycles. The minimum absolute atomic E-state index is 0.357. The van der Waals surface area contributed by atoms with Gasteiger partial charge in [-0.2, -0.15) is 0 Å². The summed E-state index contributed by atoms with van der Waals surface area (Å²) in [6.07, 6.45) is 5.38. The third kappa shape index (κ3) is 1.76. The normalized spacial score (nSPS) is 27.2. The van der Waals surface area contributed by atoms with Crippen LogP contribution in [0.1, 0.15) is 32.6 Å². The fraction of sp³-hybridized carbons (Fsp3) is 0.889. The molecular formula is C9H16N2S. The Hall–Kier alpha value is -0.180. The lowest BCUT2D eigenvalue weighted by molar-refractivity contribution is 0.435. The van der Waals surface area contributed by atoms with Gasteiger partial charge in [0.25, 0.3) is 0 Å². The van der Waals surface area contributed by atoms with Gasteiger partial charge in [0.05, 0.1) is 6.54 Å². The first-order valence-corrected chi connectivity index (χ1v) is 5.73. The van der Waals surface area contributed by atoms with Crippen LogP contribution in [0.15, 0.2) is 4.99 Å². The van der Waals surface area contributed by atoms with E-state index in [2.05, 4.69) is 17.2 Å². The maximum Gasteiger partial charge on any atom is 0.157 e. The highest BCUT2D eigenvalue weighted by Crippen LogP contribution is 2.30. The quantitative estimate of drug-likeness (QED) is 0.674. The van der Waals surface area contributed by atoms with E-state index in [0.717, 1.165) is 6.54 Å². The monoisotopic (exact) mass is 184 g/mol. The highest BCUT2D eigenvalue weighted by atomic mass is 32.2. The molecule has 0 spiro atoms. The Kier molecular flexibility index (Phi) is 2.31. The first kappa shape index (κ1) is 8.42. The van der Waals surface area contributed by atoms with Crippen LogP contribution in [0, 0.1) is 0 Å². The van der Waals surface area contributed by atoms with E-state index in [1.807, 2.05) is 11.8 Å². The topological polar surface area (TPSA) is 24.4 Å². The molecule has 2 rings (SSSR count). The average molecular weight is 184 g/mol. The molecule has 2 aliphatic rings. The van der Waals surface area contributed by atoms with Crippen LogP contribution in [0.25, 0.3) is 0 Å². The predicted octanol–water partition coefficient (Wildman–Crippen LogP) is 2.01. The molecule has 1 fully saturated rings. The molecule has 3 heteroatoms. The highest BCUT2D eigenvalue weighted by Gasteiger charge is 2.29. The molecule has 0 saturated heterocycles. The Morgan fingerprint density at radius 3 is 2.75 bits per heavy atom. The van der Waals surface area contributed by atoms with Gasteiger partial charge < -0.3 is 5.32 Å². The molecule has 68 valence electrons. The zero-order valence-electron chi connectivity index (χ0n) is 7.60. The predicted molar refractivity (Wildman–Crippen MR) is 54.8 cm³/mol. The van der Waals surface area contributed by atoms with Crippen LogP contribution >= 0.6 is 11.8 Å². The van der Waals surface area contributed by atoms with Crippen molar-refractivity contribution in [1.29, 1.82) is 0 Å². The highest BCUT2D eigenvalue weighted by molar-refractivity contribution is 8.14. The van der Waals surface area contributed by atoms with Crippen LogP contribution in [0.4, 0.5) is 0 Å². The maximum atomic E-state index is 4.41. The van der Waals surface area contributed by atoms with Gasteiger partial charge in [0, 0.05) is 11.3 Å². The van der Waals surface area contributed by atoms with Crippen LogP contribution in [-0.2, 0) is 0 Å². The van der Waals surface area contributed by atoms with E-state index in [0.29, 0.717) is 5.54 Å². The summed E-state index contributed by atoms with van der Waals surface area (Å²) in [6, 6.07) is 0. The van der Waals surface area contributed by atoms with Crippen LogP contribution in [0.3, 0.4) is 0 Å². The van der Waals surface area contributed by atoms with Crippen LogP contribution < -0.4 is 5.32 Å². The van der Waals surface area contributed by atoms with Crippen molar-refractivity contribution in [3.63, 3.8) is 0 Å². The molecule has 0 atom stereocenters.